The minimum atomic E-state index is 0.361. The molecule has 0 saturated carbocycles. The molecule has 1 aromatic carbocycles. The van der Waals surface area contributed by atoms with Crippen LogP contribution in [0, 0.1) is 10.5 Å². The molecular weight excluding hydrogens is 407 g/mol. The van der Waals surface area contributed by atoms with Crippen LogP contribution < -0.4 is 15.2 Å². The van der Waals surface area contributed by atoms with Gasteiger partial charge in [-0.1, -0.05) is 13.3 Å². The SMILES string of the molecule is CCCCOc1c(I)cc(C=Nn2cc(C)nc2N)cc1OC. The first-order valence-corrected chi connectivity index (χ1v) is 8.49. The van der Waals surface area contributed by atoms with Gasteiger partial charge in [-0.25, -0.2) is 9.66 Å². The van der Waals surface area contributed by atoms with Crippen LogP contribution in [0.2, 0.25) is 0 Å². The average Bonchev–Trinajstić information content (AvgIpc) is 2.84. The van der Waals surface area contributed by atoms with E-state index in [4.69, 9.17) is 15.2 Å². The van der Waals surface area contributed by atoms with Gasteiger partial charge in [0.2, 0.25) is 5.95 Å². The van der Waals surface area contributed by atoms with Crippen molar-refractivity contribution in [1.82, 2.24) is 9.66 Å². The Morgan fingerprint density at radius 2 is 2.22 bits per heavy atom. The summed E-state index contributed by atoms with van der Waals surface area (Å²) in [7, 11) is 1.64. The summed E-state index contributed by atoms with van der Waals surface area (Å²) in [5.41, 5.74) is 7.50. The smallest absolute Gasteiger partial charge is 0.221 e. The number of benzene rings is 1. The molecule has 0 bridgehead atoms. The van der Waals surface area contributed by atoms with E-state index in [0.29, 0.717) is 18.3 Å². The van der Waals surface area contributed by atoms with Gasteiger partial charge in [0.05, 0.1) is 35.4 Å². The maximum atomic E-state index is 5.83. The lowest BCUT2D eigenvalue weighted by molar-refractivity contribution is 0.286. The van der Waals surface area contributed by atoms with Gasteiger partial charge in [-0.05, 0) is 53.6 Å². The number of hydrogen-bond donors (Lipinski definition) is 1. The summed E-state index contributed by atoms with van der Waals surface area (Å²) in [5.74, 6) is 1.83. The Labute approximate surface area is 149 Å². The molecule has 0 aliphatic heterocycles. The Kier molecular flexibility index (Phi) is 6.26. The van der Waals surface area contributed by atoms with Gasteiger partial charge in [0.1, 0.15) is 0 Å². The molecule has 7 heteroatoms. The molecule has 6 nitrogen and oxygen atoms in total. The molecule has 1 heterocycles. The third-order valence-corrected chi connectivity index (χ3v) is 3.96. The number of nitrogens with two attached hydrogens (primary N) is 1. The van der Waals surface area contributed by atoms with E-state index in [1.165, 1.54) is 0 Å². The third kappa shape index (κ3) is 4.60. The molecule has 2 aromatic rings. The van der Waals surface area contributed by atoms with Crippen LogP contribution in [0.15, 0.2) is 23.4 Å². The van der Waals surface area contributed by atoms with Crippen molar-refractivity contribution in [3.05, 3.63) is 33.2 Å². The predicted molar refractivity (Wildman–Crippen MR) is 100 cm³/mol. The maximum absolute atomic E-state index is 5.83. The minimum Gasteiger partial charge on any atom is -0.493 e. The van der Waals surface area contributed by atoms with Crippen LogP contribution in [0.3, 0.4) is 0 Å². The lowest BCUT2D eigenvalue weighted by atomic mass is 10.2. The second-order valence-corrected chi connectivity index (χ2v) is 6.23. The summed E-state index contributed by atoms with van der Waals surface area (Å²) in [6.45, 7) is 4.69. The topological polar surface area (TPSA) is 74.7 Å². The summed E-state index contributed by atoms with van der Waals surface area (Å²) >= 11 is 2.24. The number of rotatable bonds is 7. The third-order valence-electron chi connectivity index (χ3n) is 3.16. The van der Waals surface area contributed by atoms with Crippen molar-refractivity contribution in [3.63, 3.8) is 0 Å². The fraction of sp³-hybridized carbons (Fsp3) is 0.375. The highest BCUT2D eigenvalue weighted by atomic mass is 127. The van der Waals surface area contributed by atoms with Crippen molar-refractivity contribution in [3.8, 4) is 11.5 Å². The first-order chi connectivity index (χ1) is 11.0. The van der Waals surface area contributed by atoms with Gasteiger partial charge in [-0.2, -0.15) is 5.10 Å². The molecule has 0 unspecified atom stereocenters. The number of aromatic nitrogens is 2. The number of methoxy groups -OCH3 is 1. The number of ether oxygens (including phenoxy) is 2. The average molecular weight is 428 g/mol. The normalized spacial score (nSPS) is 11.1. The summed E-state index contributed by atoms with van der Waals surface area (Å²) in [4.78, 5) is 4.11. The van der Waals surface area contributed by atoms with E-state index >= 15 is 0 Å². The van der Waals surface area contributed by atoms with Crippen LogP contribution in [0.25, 0.3) is 0 Å². The second-order valence-electron chi connectivity index (χ2n) is 5.07. The first kappa shape index (κ1) is 17.6. The molecule has 0 spiro atoms. The number of halogens is 1. The molecule has 0 saturated heterocycles. The fourth-order valence-electron chi connectivity index (χ4n) is 2.00. The molecule has 124 valence electrons. The molecule has 0 radical (unpaired) electrons. The Hall–Kier alpha value is -1.77. The Morgan fingerprint density at radius 1 is 1.43 bits per heavy atom. The number of nitrogens with zero attached hydrogens (tertiary/aromatic N) is 3. The summed E-state index contributed by atoms with van der Waals surface area (Å²) < 4.78 is 13.8. The number of hydrogen-bond acceptors (Lipinski definition) is 5. The van der Waals surface area contributed by atoms with Crippen molar-refractivity contribution < 1.29 is 9.47 Å². The number of aryl methyl sites for hydroxylation is 1. The van der Waals surface area contributed by atoms with E-state index < -0.39 is 0 Å². The summed E-state index contributed by atoms with van der Waals surface area (Å²) in [5, 5.41) is 4.32. The van der Waals surface area contributed by atoms with Crippen molar-refractivity contribution in [2.75, 3.05) is 19.5 Å². The van der Waals surface area contributed by atoms with E-state index in [1.54, 1.807) is 24.2 Å². The van der Waals surface area contributed by atoms with Crippen LogP contribution in [-0.2, 0) is 0 Å². The molecule has 1 aromatic heterocycles. The van der Waals surface area contributed by atoms with E-state index in [0.717, 1.165) is 33.4 Å². The quantitative estimate of drug-likeness (QED) is 0.417. The van der Waals surface area contributed by atoms with Gasteiger partial charge in [-0.15, -0.1) is 0 Å². The van der Waals surface area contributed by atoms with E-state index in [-0.39, 0.29) is 0 Å². The number of imidazole rings is 1. The summed E-state index contributed by atoms with van der Waals surface area (Å²) in [6, 6.07) is 3.89. The van der Waals surface area contributed by atoms with Crippen LogP contribution >= 0.6 is 22.6 Å². The first-order valence-electron chi connectivity index (χ1n) is 7.41. The van der Waals surface area contributed by atoms with Gasteiger partial charge in [0.25, 0.3) is 0 Å². The lowest BCUT2D eigenvalue weighted by Gasteiger charge is -2.13. The molecule has 2 rings (SSSR count). The molecule has 23 heavy (non-hydrogen) atoms. The zero-order valence-electron chi connectivity index (χ0n) is 13.5. The maximum Gasteiger partial charge on any atom is 0.221 e. The largest absolute Gasteiger partial charge is 0.493 e. The predicted octanol–water partition coefficient (Wildman–Crippen LogP) is 3.45. The number of nitrogen functional groups attached to an aromatic ring is 1. The van der Waals surface area contributed by atoms with Crippen molar-refractivity contribution in [2.24, 2.45) is 5.10 Å². The molecule has 0 atom stereocenters. The van der Waals surface area contributed by atoms with E-state index in [1.807, 2.05) is 19.1 Å². The molecule has 0 aliphatic carbocycles. The molecule has 0 amide bonds. The Bertz CT molecular complexity index is 698. The standard InChI is InChI=1S/C16H21IN4O2/c1-4-5-6-23-15-13(17)7-12(8-14(15)22-3)9-19-21-10-11(2)20-16(21)18/h7-10H,4-6H2,1-3H3,(H2,18,20). The van der Waals surface area contributed by atoms with Crippen molar-refractivity contribution in [1.29, 1.82) is 0 Å². The second kappa shape index (κ2) is 8.19. The number of unbranched alkanes of at least 4 members (excludes halogenated alkanes) is 1. The Morgan fingerprint density at radius 3 is 2.83 bits per heavy atom. The van der Waals surface area contributed by atoms with Gasteiger partial charge >= 0.3 is 0 Å². The van der Waals surface area contributed by atoms with Gasteiger partial charge in [0.15, 0.2) is 11.5 Å². The lowest BCUT2D eigenvalue weighted by Crippen LogP contribution is -2.02. The fourth-order valence-corrected chi connectivity index (χ4v) is 2.78. The van der Waals surface area contributed by atoms with E-state index in [9.17, 15) is 0 Å². The van der Waals surface area contributed by atoms with Gasteiger partial charge < -0.3 is 15.2 Å². The highest BCUT2D eigenvalue weighted by Crippen LogP contribution is 2.33. The van der Waals surface area contributed by atoms with Crippen LogP contribution in [0.1, 0.15) is 31.0 Å². The molecule has 2 N–H and O–H groups in total. The molecule has 0 aliphatic rings. The van der Waals surface area contributed by atoms with Crippen LogP contribution in [0.4, 0.5) is 5.95 Å². The van der Waals surface area contributed by atoms with E-state index in [2.05, 4.69) is 39.6 Å². The van der Waals surface area contributed by atoms with Gasteiger partial charge in [-0.3, -0.25) is 0 Å². The van der Waals surface area contributed by atoms with Crippen LogP contribution in [0.5, 0.6) is 11.5 Å². The Balaban J connectivity index is 2.23. The van der Waals surface area contributed by atoms with Crippen molar-refractivity contribution >= 4 is 34.8 Å². The zero-order valence-corrected chi connectivity index (χ0v) is 15.7. The number of anilines is 1. The monoisotopic (exact) mass is 428 g/mol. The van der Waals surface area contributed by atoms with Crippen molar-refractivity contribution in [2.45, 2.75) is 26.7 Å². The molecule has 0 fully saturated rings. The minimum absolute atomic E-state index is 0.361. The highest BCUT2D eigenvalue weighted by Gasteiger charge is 2.11. The van der Waals surface area contributed by atoms with Crippen LogP contribution in [-0.4, -0.2) is 29.6 Å². The summed E-state index contributed by atoms with van der Waals surface area (Å²) in [6.07, 6.45) is 5.60. The molecular formula is C16H21IN4O2. The zero-order chi connectivity index (χ0) is 16.8. The van der Waals surface area contributed by atoms with Gasteiger partial charge in [0, 0.05) is 0 Å². The highest BCUT2D eigenvalue weighted by molar-refractivity contribution is 14.1.